The number of aldehydes is 1. The first-order valence-electron chi connectivity index (χ1n) is 4.61. The summed E-state index contributed by atoms with van der Waals surface area (Å²) in [6.07, 6.45) is 0.704. The van der Waals surface area contributed by atoms with E-state index in [-0.39, 0.29) is 5.17 Å². The fourth-order valence-electron chi connectivity index (χ4n) is 1.07. The molecule has 5 heteroatoms. The van der Waals surface area contributed by atoms with Crippen molar-refractivity contribution in [1.82, 2.24) is 4.90 Å². The number of nitrogens with zero attached hydrogens (tertiary/aromatic N) is 1. The summed E-state index contributed by atoms with van der Waals surface area (Å²) in [4.78, 5) is 12.5. The molecular formula is C11H13NO3S. The second kappa shape index (κ2) is 5.46. The van der Waals surface area contributed by atoms with Gasteiger partial charge in [0.1, 0.15) is 0 Å². The lowest BCUT2D eigenvalue weighted by atomic mass is 10.2. The van der Waals surface area contributed by atoms with Gasteiger partial charge < -0.3 is 14.4 Å². The number of thiocarbonyl (C=S) groups is 1. The predicted molar refractivity (Wildman–Crippen MR) is 65.3 cm³/mol. The van der Waals surface area contributed by atoms with Crippen molar-refractivity contribution in [2.45, 2.75) is 0 Å². The molecule has 1 aromatic rings. The molecule has 4 nitrogen and oxygen atoms in total. The highest BCUT2D eigenvalue weighted by Crippen LogP contribution is 2.30. The molecular weight excluding hydrogens is 226 g/mol. The van der Waals surface area contributed by atoms with E-state index < -0.39 is 0 Å². The zero-order valence-corrected chi connectivity index (χ0v) is 10.2. The van der Waals surface area contributed by atoms with Crippen LogP contribution in [0.3, 0.4) is 0 Å². The smallest absolute Gasteiger partial charge is 0.264 e. The fraction of sp³-hybridized carbons (Fsp3) is 0.273. The van der Waals surface area contributed by atoms with E-state index in [4.69, 9.17) is 21.7 Å². The van der Waals surface area contributed by atoms with Crippen molar-refractivity contribution in [3.8, 4) is 11.5 Å². The van der Waals surface area contributed by atoms with E-state index in [9.17, 15) is 4.79 Å². The highest BCUT2D eigenvalue weighted by molar-refractivity contribution is 7.80. The lowest BCUT2D eigenvalue weighted by Crippen LogP contribution is -2.25. The van der Waals surface area contributed by atoms with Crippen LogP contribution in [0.4, 0.5) is 0 Å². The Kier molecular flexibility index (Phi) is 4.25. The number of carbonyl (C=O) groups excluding carboxylic acids is 1. The fourth-order valence-corrected chi connectivity index (χ4v) is 1.16. The molecule has 0 spiro atoms. The average molecular weight is 239 g/mol. The van der Waals surface area contributed by atoms with Crippen molar-refractivity contribution < 1.29 is 14.3 Å². The molecule has 86 valence electrons. The van der Waals surface area contributed by atoms with Crippen LogP contribution in [0.15, 0.2) is 18.2 Å². The largest absolute Gasteiger partial charge is 0.493 e. The summed E-state index contributed by atoms with van der Waals surface area (Å²) >= 11 is 5.01. The van der Waals surface area contributed by atoms with Crippen molar-refractivity contribution in [2.75, 3.05) is 21.2 Å². The maximum Gasteiger partial charge on any atom is 0.264 e. The van der Waals surface area contributed by atoms with E-state index in [0.717, 1.165) is 0 Å². The van der Waals surface area contributed by atoms with Crippen LogP contribution < -0.4 is 9.47 Å². The molecule has 0 N–H and O–H groups in total. The molecule has 0 aromatic heterocycles. The third-order valence-corrected chi connectivity index (χ3v) is 2.36. The van der Waals surface area contributed by atoms with Gasteiger partial charge in [-0.25, -0.2) is 0 Å². The van der Waals surface area contributed by atoms with Crippen LogP contribution in [0, 0.1) is 0 Å². The minimum absolute atomic E-state index is 0.271. The van der Waals surface area contributed by atoms with E-state index in [2.05, 4.69) is 0 Å². The highest BCUT2D eigenvalue weighted by atomic mass is 32.1. The van der Waals surface area contributed by atoms with E-state index >= 15 is 0 Å². The van der Waals surface area contributed by atoms with Gasteiger partial charge in [-0.2, -0.15) is 0 Å². The van der Waals surface area contributed by atoms with Gasteiger partial charge >= 0.3 is 0 Å². The summed E-state index contributed by atoms with van der Waals surface area (Å²) in [5, 5.41) is 0.271. The normalized spacial score (nSPS) is 9.44. The van der Waals surface area contributed by atoms with Crippen LogP contribution in [0.2, 0.25) is 0 Å². The number of hydrogen-bond donors (Lipinski definition) is 0. The second-order valence-corrected chi connectivity index (χ2v) is 3.61. The van der Waals surface area contributed by atoms with Crippen LogP contribution in [-0.2, 0) is 0 Å². The predicted octanol–water partition coefficient (Wildman–Crippen LogP) is 1.73. The number of hydrogen-bond acceptors (Lipinski definition) is 4. The topological polar surface area (TPSA) is 38.8 Å². The van der Waals surface area contributed by atoms with Crippen LogP contribution in [0.25, 0.3) is 0 Å². The summed E-state index contributed by atoms with van der Waals surface area (Å²) in [6.45, 7) is 0. The zero-order chi connectivity index (χ0) is 12.1. The molecule has 0 amide bonds. The maximum atomic E-state index is 10.9. The first-order valence-corrected chi connectivity index (χ1v) is 5.02. The summed E-state index contributed by atoms with van der Waals surface area (Å²) in [5.41, 5.74) is 0.406. The monoisotopic (exact) mass is 239 g/mol. The van der Waals surface area contributed by atoms with Crippen LogP contribution in [0.5, 0.6) is 11.5 Å². The lowest BCUT2D eigenvalue weighted by Gasteiger charge is -2.16. The molecule has 1 rings (SSSR count). The molecule has 0 aliphatic rings. The van der Waals surface area contributed by atoms with Crippen LogP contribution in [-0.4, -0.2) is 37.6 Å². The molecule has 0 saturated carbocycles. The van der Waals surface area contributed by atoms with Gasteiger partial charge in [-0.1, -0.05) is 6.07 Å². The van der Waals surface area contributed by atoms with Gasteiger partial charge in [-0.05, 0) is 24.4 Å². The van der Waals surface area contributed by atoms with Gasteiger partial charge in [0.25, 0.3) is 5.17 Å². The van der Waals surface area contributed by atoms with Crippen molar-refractivity contribution in [2.24, 2.45) is 0 Å². The van der Waals surface area contributed by atoms with Crippen molar-refractivity contribution >= 4 is 23.7 Å². The van der Waals surface area contributed by atoms with Gasteiger partial charge in [0.05, 0.1) is 12.7 Å². The van der Waals surface area contributed by atoms with Crippen LogP contribution in [0.1, 0.15) is 10.4 Å². The average Bonchev–Trinajstić information content (AvgIpc) is 2.29. The quantitative estimate of drug-likeness (QED) is 0.593. The molecule has 0 bridgehead atoms. The molecule has 0 saturated heterocycles. The molecule has 1 aromatic carbocycles. The summed E-state index contributed by atoms with van der Waals surface area (Å²) in [5.74, 6) is 0.826. The molecule has 0 fully saturated rings. The Hall–Kier alpha value is -1.62. The van der Waals surface area contributed by atoms with Gasteiger partial charge in [0.15, 0.2) is 17.8 Å². The Labute approximate surface area is 99.8 Å². The van der Waals surface area contributed by atoms with Crippen molar-refractivity contribution in [1.29, 1.82) is 0 Å². The van der Waals surface area contributed by atoms with Gasteiger partial charge in [0.2, 0.25) is 0 Å². The molecule has 16 heavy (non-hydrogen) atoms. The van der Waals surface area contributed by atoms with E-state index in [1.807, 2.05) is 0 Å². The first-order chi connectivity index (χ1) is 7.60. The third kappa shape index (κ3) is 2.70. The summed E-state index contributed by atoms with van der Waals surface area (Å²) < 4.78 is 10.5. The number of para-hydroxylation sites is 1. The van der Waals surface area contributed by atoms with Gasteiger partial charge in [-0.15, -0.1) is 0 Å². The Morgan fingerprint density at radius 2 is 2.12 bits per heavy atom. The van der Waals surface area contributed by atoms with E-state index in [0.29, 0.717) is 23.3 Å². The molecule has 0 radical (unpaired) electrons. The SMILES string of the molecule is COc1cccc(C=O)c1OC(=S)N(C)C. The number of ether oxygens (including phenoxy) is 2. The number of methoxy groups -OCH3 is 1. The number of rotatable bonds is 3. The molecule has 0 heterocycles. The standard InChI is InChI=1S/C11H13NO3S/c1-12(2)11(16)15-10-8(7-13)5-4-6-9(10)14-3/h4-7H,1-3H3. The molecule has 0 unspecified atom stereocenters. The molecule has 0 aliphatic heterocycles. The maximum absolute atomic E-state index is 10.9. The Balaban J connectivity index is 3.09. The summed E-state index contributed by atoms with van der Waals surface area (Å²) in [6, 6.07) is 5.07. The Morgan fingerprint density at radius 3 is 2.62 bits per heavy atom. The van der Waals surface area contributed by atoms with Crippen molar-refractivity contribution in [3.63, 3.8) is 0 Å². The third-order valence-electron chi connectivity index (χ3n) is 1.91. The molecule has 0 atom stereocenters. The first kappa shape index (κ1) is 12.4. The van der Waals surface area contributed by atoms with Crippen LogP contribution >= 0.6 is 12.2 Å². The minimum Gasteiger partial charge on any atom is -0.493 e. The number of carbonyl (C=O) groups is 1. The van der Waals surface area contributed by atoms with Crippen molar-refractivity contribution in [3.05, 3.63) is 23.8 Å². The van der Waals surface area contributed by atoms with E-state index in [1.54, 1.807) is 37.2 Å². The van der Waals surface area contributed by atoms with Gasteiger partial charge in [-0.3, -0.25) is 4.79 Å². The Morgan fingerprint density at radius 1 is 1.44 bits per heavy atom. The minimum atomic E-state index is 0.271. The van der Waals surface area contributed by atoms with Gasteiger partial charge in [0, 0.05) is 14.1 Å². The zero-order valence-electron chi connectivity index (χ0n) is 9.39. The summed E-state index contributed by atoms with van der Waals surface area (Å²) in [7, 11) is 5.03. The second-order valence-electron chi connectivity index (χ2n) is 3.26. The molecule has 0 aliphatic carbocycles. The number of benzene rings is 1. The lowest BCUT2D eigenvalue weighted by molar-refractivity contribution is 0.112. The van der Waals surface area contributed by atoms with E-state index in [1.165, 1.54) is 7.11 Å². The Bertz CT molecular complexity index is 404. The highest BCUT2D eigenvalue weighted by Gasteiger charge is 2.13.